The van der Waals surface area contributed by atoms with Gasteiger partial charge >= 0.3 is 6.18 Å². The van der Waals surface area contributed by atoms with Gasteiger partial charge in [-0.15, -0.1) is 0 Å². The summed E-state index contributed by atoms with van der Waals surface area (Å²) in [5.74, 6) is -0.608. The van der Waals surface area contributed by atoms with E-state index in [2.05, 4.69) is 0 Å². The van der Waals surface area contributed by atoms with E-state index in [-0.39, 0.29) is 6.42 Å². The molecule has 0 bridgehead atoms. The molecular weight excluding hydrogens is 249 g/mol. The van der Waals surface area contributed by atoms with Crippen LogP contribution in [0.2, 0.25) is 0 Å². The zero-order chi connectivity index (χ0) is 13.8. The molecule has 1 atom stereocenters. The maximum absolute atomic E-state index is 12.0. The number of hydrogen-bond donors (Lipinski definition) is 3. The topological polar surface area (TPSA) is 75.4 Å². The fraction of sp³-hybridized carbons (Fsp3) is 0.364. The predicted molar refractivity (Wildman–Crippen MR) is 59.6 cm³/mol. The van der Waals surface area contributed by atoms with E-state index in [1.54, 1.807) is 24.3 Å². The van der Waals surface area contributed by atoms with E-state index in [9.17, 15) is 18.0 Å². The maximum atomic E-state index is 12.0. The average molecular weight is 262 g/mol. The normalized spacial score (nSPS) is 13.1. The molecule has 4 N–H and O–H groups in total. The highest BCUT2D eigenvalue weighted by atomic mass is 19.4. The molecule has 0 aliphatic heterocycles. The van der Waals surface area contributed by atoms with Crippen molar-refractivity contribution in [1.29, 1.82) is 0 Å². The number of benzene rings is 1. The fourth-order valence-electron chi connectivity index (χ4n) is 1.28. The van der Waals surface area contributed by atoms with Crippen LogP contribution in [0.3, 0.4) is 0 Å². The Morgan fingerprint density at radius 2 is 2.11 bits per heavy atom. The van der Waals surface area contributed by atoms with Crippen LogP contribution in [-0.4, -0.2) is 29.8 Å². The molecule has 1 unspecified atom stereocenters. The summed E-state index contributed by atoms with van der Waals surface area (Å²) in [6.07, 6.45) is -7.37. The van der Waals surface area contributed by atoms with Gasteiger partial charge < -0.3 is 16.2 Å². The van der Waals surface area contributed by atoms with Crippen LogP contribution in [0.4, 0.5) is 18.9 Å². The third-order valence-corrected chi connectivity index (χ3v) is 2.19. The Bertz CT molecular complexity index is 421. The van der Waals surface area contributed by atoms with E-state index in [4.69, 9.17) is 10.8 Å². The molecule has 0 fully saturated rings. The molecule has 0 heterocycles. The van der Waals surface area contributed by atoms with E-state index in [0.29, 0.717) is 11.3 Å². The third kappa shape index (κ3) is 4.62. The first-order valence-corrected chi connectivity index (χ1v) is 5.15. The second-order valence-electron chi connectivity index (χ2n) is 3.78. The Balaban J connectivity index is 2.43. The number of nitrogens with two attached hydrogens (primary N) is 1. The minimum Gasteiger partial charge on any atom is -0.399 e. The number of rotatable bonds is 4. The molecule has 7 heteroatoms. The van der Waals surface area contributed by atoms with Gasteiger partial charge in [0.1, 0.15) is 0 Å². The number of nitrogens with one attached hydrogen (secondary N) is 1. The molecule has 0 spiro atoms. The molecule has 0 aromatic heterocycles. The van der Waals surface area contributed by atoms with Crippen LogP contribution in [0, 0.1) is 0 Å². The van der Waals surface area contributed by atoms with Crippen LogP contribution < -0.4 is 11.1 Å². The highest BCUT2D eigenvalue weighted by Gasteiger charge is 2.38. The molecule has 1 amide bonds. The lowest BCUT2D eigenvalue weighted by Crippen LogP contribution is -2.41. The molecule has 100 valence electrons. The van der Waals surface area contributed by atoms with Crippen molar-refractivity contribution in [2.75, 3.05) is 12.3 Å². The van der Waals surface area contributed by atoms with Crippen LogP contribution in [0.25, 0.3) is 0 Å². The SMILES string of the molecule is Nc1cccc(CC(=O)NCC(O)C(F)(F)F)c1. The number of hydrogen-bond acceptors (Lipinski definition) is 3. The molecule has 1 aromatic rings. The number of nitrogen functional groups attached to an aromatic ring is 1. The van der Waals surface area contributed by atoms with Gasteiger partial charge in [0.25, 0.3) is 0 Å². The molecule has 0 saturated carbocycles. The largest absolute Gasteiger partial charge is 0.416 e. The van der Waals surface area contributed by atoms with Crippen molar-refractivity contribution in [3.8, 4) is 0 Å². The van der Waals surface area contributed by atoms with E-state index >= 15 is 0 Å². The first-order valence-electron chi connectivity index (χ1n) is 5.15. The van der Waals surface area contributed by atoms with Crippen LogP contribution in [0.1, 0.15) is 5.56 Å². The molecule has 18 heavy (non-hydrogen) atoms. The maximum Gasteiger partial charge on any atom is 0.416 e. The second-order valence-corrected chi connectivity index (χ2v) is 3.78. The number of halogens is 3. The van der Waals surface area contributed by atoms with Crippen LogP contribution in [0.5, 0.6) is 0 Å². The Morgan fingerprint density at radius 3 is 2.67 bits per heavy atom. The number of alkyl halides is 3. The number of anilines is 1. The average Bonchev–Trinajstić information content (AvgIpc) is 2.24. The number of carbonyl (C=O) groups excluding carboxylic acids is 1. The lowest BCUT2D eigenvalue weighted by molar-refractivity contribution is -0.201. The van der Waals surface area contributed by atoms with Crippen molar-refractivity contribution in [2.24, 2.45) is 0 Å². The molecule has 1 aromatic carbocycles. The van der Waals surface area contributed by atoms with Crippen LogP contribution in [0.15, 0.2) is 24.3 Å². The first-order chi connectivity index (χ1) is 8.29. The Labute approximate surface area is 102 Å². The Kier molecular flexibility index (Phi) is 4.55. The number of aliphatic hydroxyl groups is 1. The summed E-state index contributed by atoms with van der Waals surface area (Å²) in [5, 5.41) is 10.7. The van der Waals surface area contributed by atoms with Crippen molar-refractivity contribution in [2.45, 2.75) is 18.7 Å². The number of aliphatic hydroxyl groups excluding tert-OH is 1. The van der Waals surface area contributed by atoms with E-state index < -0.39 is 24.7 Å². The number of amides is 1. The van der Waals surface area contributed by atoms with Gasteiger partial charge in [0.2, 0.25) is 5.91 Å². The van der Waals surface area contributed by atoms with Crippen molar-refractivity contribution >= 4 is 11.6 Å². The lowest BCUT2D eigenvalue weighted by atomic mass is 10.1. The Hall–Kier alpha value is -1.76. The van der Waals surface area contributed by atoms with Crippen LogP contribution >= 0.6 is 0 Å². The summed E-state index contributed by atoms with van der Waals surface area (Å²) in [6, 6.07) is 6.47. The van der Waals surface area contributed by atoms with E-state index in [1.165, 1.54) is 0 Å². The van der Waals surface area contributed by atoms with Gasteiger partial charge in [0, 0.05) is 5.69 Å². The van der Waals surface area contributed by atoms with E-state index in [0.717, 1.165) is 0 Å². The zero-order valence-corrected chi connectivity index (χ0v) is 9.37. The summed E-state index contributed by atoms with van der Waals surface area (Å²) in [5.41, 5.74) is 6.55. The third-order valence-electron chi connectivity index (χ3n) is 2.19. The molecular formula is C11H13F3N2O2. The van der Waals surface area contributed by atoms with Gasteiger partial charge in [0.15, 0.2) is 6.10 Å². The summed E-state index contributed by atoms with van der Waals surface area (Å²) in [6.45, 7) is -0.856. The van der Waals surface area contributed by atoms with Gasteiger partial charge in [-0.1, -0.05) is 12.1 Å². The van der Waals surface area contributed by atoms with Gasteiger partial charge in [-0.25, -0.2) is 0 Å². The lowest BCUT2D eigenvalue weighted by Gasteiger charge is -2.15. The Morgan fingerprint density at radius 1 is 1.44 bits per heavy atom. The summed E-state index contributed by atoms with van der Waals surface area (Å²) < 4.78 is 35.9. The van der Waals surface area contributed by atoms with Gasteiger partial charge in [0.05, 0.1) is 13.0 Å². The monoisotopic (exact) mass is 262 g/mol. The highest BCUT2D eigenvalue weighted by Crippen LogP contribution is 2.19. The second kappa shape index (κ2) is 5.72. The zero-order valence-electron chi connectivity index (χ0n) is 9.37. The first kappa shape index (κ1) is 14.3. The highest BCUT2D eigenvalue weighted by molar-refractivity contribution is 5.78. The van der Waals surface area contributed by atoms with E-state index in [1.807, 2.05) is 5.32 Å². The van der Waals surface area contributed by atoms with Crippen molar-refractivity contribution in [1.82, 2.24) is 5.32 Å². The van der Waals surface area contributed by atoms with Gasteiger partial charge in [-0.3, -0.25) is 4.79 Å². The van der Waals surface area contributed by atoms with Crippen molar-refractivity contribution in [3.05, 3.63) is 29.8 Å². The molecule has 1 rings (SSSR count). The summed E-state index contributed by atoms with van der Waals surface area (Å²) >= 11 is 0. The quantitative estimate of drug-likeness (QED) is 0.704. The van der Waals surface area contributed by atoms with Crippen molar-refractivity contribution < 1.29 is 23.1 Å². The van der Waals surface area contributed by atoms with Gasteiger partial charge in [-0.05, 0) is 17.7 Å². The molecule has 0 radical (unpaired) electrons. The summed E-state index contributed by atoms with van der Waals surface area (Å²) in [4.78, 5) is 11.3. The van der Waals surface area contributed by atoms with Crippen LogP contribution in [-0.2, 0) is 11.2 Å². The van der Waals surface area contributed by atoms with Crippen molar-refractivity contribution in [3.63, 3.8) is 0 Å². The van der Waals surface area contributed by atoms with Gasteiger partial charge in [-0.2, -0.15) is 13.2 Å². The minimum atomic E-state index is -4.73. The smallest absolute Gasteiger partial charge is 0.399 e. The molecule has 4 nitrogen and oxygen atoms in total. The number of carbonyl (C=O) groups is 1. The molecule has 0 saturated heterocycles. The molecule has 0 aliphatic rings. The predicted octanol–water partition coefficient (Wildman–Crippen LogP) is 0.851. The summed E-state index contributed by atoms with van der Waals surface area (Å²) in [7, 11) is 0. The minimum absolute atomic E-state index is 0.0877. The molecule has 0 aliphatic carbocycles. The standard InChI is InChI=1S/C11H13F3N2O2/c12-11(13,14)9(17)6-16-10(18)5-7-2-1-3-8(15)4-7/h1-4,9,17H,5-6,15H2,(H,16,18). The fourth-order valence-corrected chi connectivity index (χ4v) is 1.28.